The number of benzene rings is 1. The van der Waals surface area contributed by atoms with Crippen molar-refractivity contribution in [3.63, 3.8) is 0 Å². The molecule has 0 amide bonds. The Balaban J connectivity index is 2.26. The molecule has 0 spiro atoms. The van der Waals surface area contributed by atoms with Crippen molar-refractivity contribution >= 4 is 0 Å². The topological polar surface area (TPSA) is 45.9 Å². The number of hydrogen-bond donors (Lipinski definition) is 0. The van der Waals surface area contributed by atoms with Crippen LogP contribution < -0.4 is 4.74 Å². The molecule has 0 atom stereocenters. The van der Waals surface area contributed by atoms with Gasteiger partial charge in [0.05, 0.1) is 12.5 Å². The molecule has 0 aliphatic rings. The molecule has 83 valence electrons. The SMILES string of the molecule is N#C[CH]c1ccc(F)c(Oc2ccccn2)c1. The van der Waals surface area contributed by atoms with Gasteiger partial charge in [-0.3, -0.25) is 0 Å². The maximum Gasteiger partial charge on any atom is 0.219 e. The van der Waals surface area contributed by atoms with Crippen LogP contribution in [0.15, 0.2) is 42.6 Å². The maximum atomic E-state index is 13.4. The molecule has 2 aromatic rings. The molecule has 1 radical (unpaired) electrons. The van der Waals surface area contributed by atoms with Gasteiger partial charge in [-0.1, -0.05) is 12.1 Å². The van der Waals surface area contributed by atoms with Crippen LogP contribution >= 0.6 is 0 Å². The Bertz CT molecular complexity index is 549. The molecule has 17 heavy (non-hydrogen) atoms. The van der Waals surface area contributed by atoms with Gasteiger partial charge < -0.3 is 4.74 Å². The quantitative estimate of drug-likeness (QED) is 0.809. The van der Waals surface area contributed by atoms with Gasteiger partial charge in [0.1, 0.15) is 0 Å². The van der Waals surface area contributed by atoms with E-state index in [0.717, 1.165) is 0 Å². The summed E-state index contributed by atoms with van der Waals surface area (Å²) < 4.78 is 18.7. The van der Waals surface area contributed by atoms with E-state index in [0.29, 0.717) is 11.4 Å². The highest BCUT2D eigenvalue weighted by Gasteiger charge is 2.06. The molecule has 0 saturated carbocycles. The molecule has 1 heterocycles. The van der Waals surface area contributed by atoms with Crippen LogP contribution in [0.1, 0.15) is 5.56 Å². The molecule has 1 aromatic carbocycles. The van der Waals surface area contributed by atoms with Gasteiger partial charge >= 0.3 is 0 Å². The van der Waals surface area contributed by atoms with Crippen molar-refractivity contribution in [2.75, 3.05) is 0 Å². The van der Waals surface area contributed by atoms with Crippen molar-refractivity contribution in [3.8, 4) is 17.7 Å². The van der Waals surface area contributed by atoms with Crippen molar-refractivity contribution in [1.29, 1.82) is 5.26 Å². The number of nitriles is 1. The first kappa shape index (κ1) is 11.1. The van der Waals surface area contributed by atoms with Gasteiger partial charge in [0.2, 0.25) is 5.88 Å². The Hall–Kier alpha value is -2.41. The zero-order valence-electron chi connectivity index (χ0n) is 8.80. The molecule has 0 aliphatic heterocycles. The third-order valence-corrected chi connectivity index (χ3v) is 2.04. The fourth-order valence-corrected chi connectivity index (χ4v) is 1.28. The van der Waals surface area contributed by atoms with Crippen LogP contribution in [0.2, 0.25) is 0 Å². The molecule has 0 N–H and O–H groups in total. The van der Waals surface area contributed by atoms with Crippen LogP contribution in [0.25, 0.3) is 0 Å². The number of halogens is 1. The Labute approximate surface area is 98.1 Å². The fourth-order valence-electron chi connectivity index (χ4n) is 1.28. The summed E-state index contributed by atoms with van der Waals surface area (Å²) in [4.78, 5) is 3.93. The monoisotopic (exact) mass is 227 g/mol. The largest absolute Gasteiger partial charge is 0.436 e. The van der Waals surface area contributed by atoms with E-state index in [9.17, 15) is 4.39 Å². The Kier molecular flexibility index (Phi) is 3.31. The Morgan fingerprint density at radius 1 is 1.29 bits per heavy atom. The summed E-state index contributed by atoms with van der Waals surface area (Å²) in [6.07, 6.45) is 2.86. The molecule has 1 aromatic heterocycles. The second-order valence-electron chi connectivity index (χ2n) is 3.23. The summed E-state index contributed by atoms with van der Waals surface area (Å²) in [6.45, 7) is 0. The van der Waals surface area contributed by atoms with Crippen molar-refractivity contribution in [3.05, 3.63) is 60.4 Å². The molecule has 2 rings (SSSR count). The van der Waals surface area contributed by atoms with E-state index >= 15 is 0 Å². The second kappa shape index (κ2) is 5.08. The number of nitrogens with zero attached hydrogens (tertiary/aromatic N) is 2. The minimum Gasteiger partial charge on any atom is -0.436 e. The molecule has 0 fully saturated rings. The minimum absolute atomic E-state index is 0.0488. The molecular weight excluding hydrogens is 219 g/mol. The molecule has 0 aliphatic carbocycles. The van der Waals surface area contributed by atoms with Crippen LogP contribution in [0.5, 0.6) is 11.6 Å². The van der Waals surface area contributed by atoms with Crippen molar-refractivity contribution < 1.29 is 9.13 Å². The number of ether oxygens (including phenoxy) is 1. The van der Waals surface area contributed by atoms with Crippen molar-refractivity contribution in [1.82, 2.24) is 4.98 Å². The van der Waals surface area contributed by atoms with E-state index in [1.165, 1.54) is 24.6 Å². The molecular formula is C13H8FN2O. The highest BCUT2D eigenvalue weighted by Crippen LogP contribution is 2.24. The Morgan fingerprint density at radius 2 is 2.18 bits per heavy atom. The first-order valence-corrected chi connectivity index (χ1v) is 4.91. The Morgan fingerprint density at radius 3 is 2.88 bits per heavy atom. The molecule has 0 unspecified atom stereocenters. The number of rotatable bonds is 3. The van der Waals surface area contributed by atoms with Crippen LogP contribution in [0, 0.1) is 23.6 Å². The first-order valence-electron chi connectivity index (χ1n) is 4.91. The van der Waals surface area contributed by atoms with Crippen molar-refractivity contribution in [2.45, 2.75) is 0 Å². The lowest BCUT2D eigenvalue weighted by Crippen LogP contribution is -1.91. The summed E-state index contributed by atoms with van der Waals surface area (Å²) >= 11 is 0. The lowest BCUT2D eigenvalue weighted by atomic mass is 10.1. The van der Waals surface area contributed by atoms with Crippen LogP contribution in [-0.4, -0.2) is 4.98 Å². The maximum absolute atomic E-state index is 13.4. The first-order chi connectivity index (χ1) is 8.29. The smallest absolute Gasteiger partial charge is 0.219 e. The van der Waals surface area contributed by atoms with E-state index in [4.69, 9.17) is 10.00 Å². The zero-order valence-corrected chi connectivity index (χ0v) is 8.80. The standard InChI is InChI=1S/C13H8FN2O/c14-11-5-4-10(6-7-15)9-12(11)17-13-3-1-2-8-16-13/h1-6,8-9H. The van der Waals surface area contributed by atoms with Gasteiger partial charge in [-0.15, -0.1) is 0 Å². The van der Waals surface area contributed by atoms with Crippen LogP contribution in [-0.2, 0) is 0 Å². The van der Waals surface area contributed by atoms with E-state index in [1.54, 1.807) is 24.4 Å². The fraction of sp³-hybridized carbons (Fsp3) is 0. The van der Waals surface area contributed by atoms with Gasteiger partial charge in [-0.2, -0.15) is 5.26 Å². The second-order valence-corrected chi connectivity index (χ2v) is 3.23. The zero-order chi connectivity index (χ0) is 12.1. The summed E-state index contributed by atoms with van der Waals surface area (Å²) in [5.74, 6) is -0.140. The molecule has 0 saturated heterocycles. The summed E-state index contributed by atoms with van der Waals surface area (Å²) in [7, 11) is 0. The third-order valence-electron chi connectivity index (χ3n) is 2.04. The normalized spacial score (nSPS) is 9.65. The van der Waals surface area contributed by atoms with Gasteiger partial charge in [0.25, 0.3) is 0 Å². The molecule has 3 nitrogen and oxygen atoms in total. The number of hydrogen-bond acceptors (Lipinski definition) is 3. The highest BCUT2D eigenvalue weighted by atomic mass is 19.1. The van der Waals surface area contributed by atoms with Gasteiger partial charge in [-0.25, -0.2) is 9.37 Å². The van der Waals surface area contributed by atoms with E-state index in [-0.39, 0.29) is 5.75 Å². The molecule has 4 heteroatoms. The molecule has 0 bridgehead atoms. The number of aromatic nitrogens is 1. The predicted octanol–water partition coefficient (Wildman–Crippen LogP) is 3.09. The highest BCUT2D eigenvalue weighted by molar-refractivity contribution is 5.38. The van der Waals surface area contributed by atoms with Crippen LogP contribution in [0.3, 0.4) is 0 Å². The minimum atomic E-state index is -0.495. The van der Waals surface area contributed by atoms with Gasteiger partial charge in [-0.05, 0) is 23.8 Å². The number of pyridine rings is 1. The van der Waals surface area contributed by atoms with Crippen LogP contribution in [0.4, 0.5) is 4.39 Å². The van der Waals surface area contributed by atoms with Gasteiger partial charge in [0.15, 0.2) is 11.6 Å². The predicted molar refractivity (Wildman–Crippen MR) is 59.7 cm³/mol. The average molecular weight is 227 g/mol. The summed E-state index contributed by atoms with van der Waals surface area (Å²) in [6, 6.07) is 11.2. The van der Waals surface area contributed by atoms with Crippen molar-refractivity contribution in [2.24, 2.45) is 0 Å². The van der Waals surface area contributed by atoms with E-state index in [2.05, 4.69) is 4.98 Å². The lowest BCUT2D eigenvalue weighted by molar-refractivity contribution is 0.427. The summed E-state index contributed by atoms with van der Waals surface area (Å²) in [5, 5.41) is 8.52. The third kappa shape index (κ3) is 2.79. The average Bonchev–Trinajstić information content (AvgIpc) is 2.35. The lowest BCUT2D eigenvalue weighted by Gasteiger charge is -2.06. The van der Waals surface area contributed by atoms with E-state index < -0.39 is 5.82 Å². The van der Waals surface area contributed by atoms with E-state index in [1.807, 2.05) is 6.07 Å². The summed E-state index contributed by atoms with van der Waals surface area (Å²) in [5.41, 5.74) is 0.583. The van der Waals surface area contributed by atoms with Gasteiger partial charge in [0, 0.05) is 12.3 Å².